The lowest BCUT2D eigenvalue weighted by atomic mass is 9.92. The molecule has 2 unspecified atom stereocenters. The van der Waals surface area contributed by atoms with E-state index in [1.165, 1.54) is 12.8 Å². The number of likely N-dealkylation sites (N-methyl/N-ethyl adjacent to an activating group) is 1. The minimum atomic E-state index is 0.216. The van der Waals surface area contributed by atoms with Gasteiger partial charge < -0.3 is 10.1 Å². The molecule has 0 saturated heterocycles. The van der Waals surface area contributed by atoms with Crippen LogP contribution in [0.15, 0.2) is 22.7 Å². The SMILES string of the molecule is CNC1CCCCC1Oc1ccc(C#N)cc1Br. The van der Waals surface area contributed by atoms with Crippen LogP contribution in [0.1, 0.15) is 31.2 Å². The Balaban J connectivity index is 2.10. The monoisotopic (exact) mass is 308 g/mol. The molecule has 4 heteroatoms. The van der Waals surface area contributed by atoms with Crippen LogP contribution in [0.25, 0.3) is 0 Å². The zero-order chi connectivity index (χ0) is 13.0. The molecule has 1 aliphatic rings. The number of halogens is 1. The number of hydrogen-bond donors (Lipinski definition) is 1. The molecule has 0 aromatic heterocycles. The molecule has 0 amide bonds. The van der Waals surface area contributed by atoms with E-state index in [0.717, 1.165) is 23.1 Å². The molecule has 3 nitrogen and oxygen atoms in total. The molecule has 1 N–H and O–H groups in total. The van der Waals surface area contributed by atoms with E-state index in [1.807, 2.05) is 13.1 Å². The van der Waals surface area contributed by atoms with Crippen LogP contribution in [-0.4, -0.2) is 19.2 Å². The van der Waals surface area contributed by atoms with Crippen molar-refractivity contribution in [2.75, 3.05) is 7.05 Å². The maximum atomic E-state index is 8.83. The average molecular weight is 309 g/mol. The maximum absolute atomic E-state index is 8.83. The molecule has 0 aliphatic heterocycles. The Morgan fingerprint density at radius 2 is 2.17 bits per heavy atom. The smallest absolute Gasteiger partial charge is 0.134 e. The molecule has 1 aliphatic carbocycles. The molecule has 1 aromatic carbocycles. The molecule has 0 bridgehead atoms. The van der Waals surface area contributed by atoms with Gasteiger partial charge in [-0.1, -0.05) is 6.42 Å². The van der Waals surface area contributed by atoms with Crippen LogP contribution in [0, 0.1) is 11.3 Å². The van der Waals surface area contributed by atoms with E-state index in [2.05, 4.69) is 27.3 Å². The lowest BCUT2D eigenvalue weighted by Crippen LogP contribution is -2.43. The standard InChI is InChI=1S/C14H17BrN2O/c1-17-12-4-2-3-5-14(12)18-13-7-6-10(9-16)8-11(13)15/h6-8,12,14,17H,2-5H2,1H3. The van der Waals surface area contributed by atoms with Crippen LogP contribution in [0.2, 0.25) is 0 Å². The fraction of sp³-hybridized carbons (Fsp3) is 0.500. The second kappa shape index (κ2) is 6.21. The predicted molar refractivity (Wildman–Crippen MR) is 74.6 cm³/mol. The molecular formula is C14H17BrN2O. The van der Waals surface area contributed by atoms with E-state index in [4.69, 9.17) is 10.00 Å². The summed E-state index contributed by atoms with van der Waals surface area (Å²) in [4.78, 5) is 0. The Bertz CT molecular complexity index is 456. The van der Waals surface area contributed by atoms with E-state index in [0.29, 0.717) is 11.6 Å². The van der Waals surface area contributed by atoms with Gasteiger partial charge in [0.2, 0.25) is 0 Å². The Morgan fingerprint density at radius 1 is 1.39 bits per heavy atom. The number of nitrogens with zero attached hydrogens (tertiary/aromatic N) is 1. The summed E-state index contributed by atoms with van der Waals surface area (Å²) in [6.45, 7) is 0. The minimum absolute atomic E-state index is 0.216. The van der Waals surface area contributed by atoms with Gasteiger partial charge in [0.15, 0.2) is 0 Å². The highest BCUT2D eigenvalue weighted by Crippen LogP contribution is 2.30. The first kappa shape index (κ1) is 13.4. The molecule has 96 valence electrons. The van der Waals surface area contributed by atoms with Gasteiger partial charge in [0, 0.05) is 6.04 Å². The summed E-state index contributed by atoms with van der Waals surface area (Å²) in [5.74, 6) is 0.821. The number of benzene rings is 1. The van der Waals surface area contributed by atoms with Gasteiger partial charge >= 0.3 is 0 Å². The van der Waals surface area contributed by atoms with Gasteiger partial charge in [0.1, 0.15) is 11.9 Å². The van der Waals surface area contributed by atoms with E-state index in [9.17, 15) is 0 Å². The zero-order valence-corrected chi connectivity index (χ0v) is 12.0. The fourth-order valence-corrected chi connectivity index (χ4v) is 2.87. The van der Waals surface area contributed by atoms with Crippen LogP contribution in [0.3, 0.4) is 0 Å². The summed E-state index contributed by atoms with van der Waals surface area (Å²) in [7, 11) is 1.99. The van der Waals surface area contributed by atoms with Gasteiger partial charge in [0.05, 0.1) is 16.1 Å². The van der Waals surface area contributed by atoms with Crippen LogP contribution >= 0.6 is 15.9 Å². The van der Waals surface area contributed by atoms with Gasteiger partial charge in [0.25, 0.3) is 0 Å². The summed E-state index contributed by atoms with van der Waals surface area (Å²) in [5.41, 5.74) is 0.642. The van der Waals surface area contributed by atoms with E-state index in [-0.39, 0.29) is 6.10 Å². The van der Waals surface area contributed by atoms with Crippen molar-refractivity contribution in [3.8, 4) is 11.8 Å². The Hall–Kier alpha value is -1.05. The topological polar surface area (TPSA) is 45.0 Å². The Kier molecular flexibility index (Phi) is 4.62. The predicted octanol–water partition coefficient (Wildman–Crippen LogP) is 3.23. The first-order chi connectivity index (χ1) is 8.74. The van der Waals surface area contributed by atoms with E-state index < -0.39 is 0 Å². The van der Waals surface area contributed by atoms with Crippen LogP contribution < -0.4 is 10.1 Å². The summed E-state index contributed by atoms with van der Waals surface area (Å²) in [5, 5.41) is 12.2. The van der Waals surface area contributed by atoms with Gasteiger partial charge in [-0.3, -0.25) is 0 Å². The molecule has 2 atom stereocenters. The maximum Gasteiger partial charge on any atom is 0.134 e. The first-order valence-corrected chi connectivity index (χ1v) is 7.07. The zero-order valence-electron chi connectivity index (χ0n) is 10.4. The van der Waals surface area contributed by atoms with E-state index in [1.54, 1.807) is 12.1 Å². The van der Waals surface area contributed by atoms with E-state index >= 15 is 0 Å². The molecule has 2 rings (SSSR count). The summed E-state index contributed by atoms with van der Waals surface area (Å²) in [6, 6.07) is 7.99. The first-order valence-electron chi connectivity index (χ1n) is 6.28. The highest BCUT2D eigenvalue weighted by molar-refractivity contribution is 9.10. The van der Waals surface area contributed by atoms with Crippen LogP contribution in [-0.2, 0) is 0 Å². The Morgan fingerprint density at radius 3 is 2.83 bits per heavy atom. The van der Waals surface area contributed by atoms with Gasteiger partial charge in [-0.05, 0) is 60.4 Å². The number of rotatable bonds is 3. The molecular weight excluding hydrogens is 292 g/mol. The number of nitrogens with one attached hydrogen (secondary N) is 1. The summed E-state index contributed by atoms with van der Waals surface area (Å²) in [6.07, 6.45) is 4.94. The normalized spacial score (nSPS) is 23.4. The van der Waals surface area contributed by atoms with Crippen molar-refractivity contribution >= 4 is 15.9 Å². The highest BCUT2D eigenvalue weighted by Gasteiger charge is 2.25. The van der Waals surface area contributed by atoms with Crippen molar-refractivity contribution in [1.82, 2.24) is 5.32 Å². The second-order valence-electron chi connectivity index (χ2n) is 4.59. The molecule has 1 aromatic rings. The second-order valence-corrected chi connectivity index (χ2v) is 5.45. The number of ether oxygens (including phenoxy) is 1. The lowest BCUT2D eigenvalue weighted by Gasteiger charge is -2.31. The molecule has 1 saturated carbocycles. The molecule has 18 heavy (non-hydrogen) atoms. The Labute approximate surface area is 116 Å². The van der Waals surface area contributed by atoms with Crippen molar-refractivity contribution in [2.24, 2.45) is 0 Å². The van der Waals surface area contributed by atoms with Crippen molar-refractivity contribution in [3.63, 3.8) is 0 Å². The lowest BCUT2D eigenvalue weighted by molar-refractivity contribution is 0.117. The van der Waals surface area contributed by atoms with Crippen molar-refractivity contribution in [3.05, 3.63) is 28.2 Å². The highest BCUT2D eigenvalue weighted by atomic mass is 79.9. The molecule has 1 fully saturated rings. The molecule has 0 radical (unpaired) electrons. The van der Waals surface area contributed by atoms with Gasteiger partial charge in [-0.25, -0.2) is 0 Å². The van der Waals surface area contributed by atoms with Crippen molar-refractivity contribution < 1.29 is 4.74 Å². The average Bonchev–Trinajstić information content (AvgIpc) is 2.41. The van der Waals surface area contributed by atoms with Gasteiger partial charge in [-0.2, -0.15) is 5.26 Å². The third-order valence-corrected chi connectivity index (χ3v) is 4.03. The third-order valence-electron chi connectivity index (χ3n) is 3.41. The van der Waals surface area contributed by atoms with Crippen LogP contribution in [0.5, 0.6) is 5.75 Å². The summed E-state index contributed by atoms with van der Waals surface area (Å²) >= 11 is 3.46. The molecule has 0 heterocycles. The number of nitriles is 1. The van der Waals surface area contributed by atoms with Crippen molar-refractivity contribution in [1.29, 1.82) is 5.26 Å². The number of hydrogen-bond acceptors (Lipinski definition) is 3. The minimum Gasteiger partial charge on any atom is -0.488 e. The van der Waals surface area contributed by atoms with Crippen molar-refractivity contribution in [2.45, 2.75) is 37.8 Å². The van der Waals surface area contributed by atoms with Crippen LogP contribution in [0.4, 0.5) is 0 Å². The van der Waals surface area contributed by atoms with Gasteiger partial charge in [-0.15, -0.1) is 0 Å². The summed E-state index contributed by atoms with van der Waals surface area (Å²) < 4.78 is 6.92. The third kappa shape index (κ3) is 3.04. The molecule has 0 spiro atoms. The largest absolute Gasteiger partial charge is 0.488 e. The quantitative estimate of drug-likeness (QED) is 0.932. The fourth-order valence-electron chi connectivity index (χ4n) is 2.40.